The van der Waals surface area contributed by atoms with E-state index in [9.17, 15) is 4.79 Å². The molecule has 1 N–H and O–H groups in total. The van der Waals surface area contributed by atoms with Gasteiger partial charge in [-0.2, -0.15) is 0 Å². The Labute approximate surface area is 151 Å². The zero-order valence-corrected chi connectivity index (χ0v) is 14.3. The van der Waals surface area contributed by atoms with Crippen molar-refractivity contribution in [3.63, 3.8) is 0 Å². The quantitative estimate of drug-likeness (QED) is 0.766. The molecule has 0 saturated carbocycles. The Bertz CT molecular complexity index is 927. The predicted octanol–water partition coefficient (Wildman–Crippen LogP) is 4.28. The number of hydrogen-bond acceptors (Lipinski definition) is 4. The van der Waals surface area contributed by atoms with Crippen LogP contribution in [-0.2, 0) is 4.74 Å². The first-order chi connectivity index (χ1) is 12.7. The van der Waals surface area contributed by atoms with E-state index in [0.717, 1.165) is 28.0 Å². The molecule has 1 aliphatic rings. The van der Waals surface area contributed by atoms with Crippen LogP contribution in [-0.4, -0.2) is 18.2 Å². The van der Waals surface area contributed by atoms with Crippen LogP contribution in [0.2, 0.25) is 0 Å². The first kappa shape index (κ1) is 16.1. The summed E-state index contributed by atoms with van der Waals surface area (Å²) in [5.74, 6) is 0.723. The third kappa shape index (κ3) is 3.11. The lowest BCUT2D eigenvalue weighted by Gasteiger charge is -2.18. The molecule has 0 spiro atoms. The fraction of sp³-hybridized carbons (Fsp3) is 0.143. The number of rotatable bonds is 4. The van der Waals surface area contributed by atoms with Crippen LogP contribution >= 0.6 is 0 Å². The van der Waals surface area contributed by atoms with Gasteiger partial charge in [0, 0.05) is 18.0 Å². The molecule has 1 aliphatic heterocycles. The van der Waals surface area contributed by atoms with E-state index >= 15 is 0 Å². The molecule has 5 nitrogen and oxygen atoms in total. The van der Waals surface area contributed by atoms with Gasteiger partial charge in [-0.15, -0.1) is 0 Å². The molecule has 1 amide bonds. The molecule has 0 aliphatic carbocycles. The smallest absolute Gasteiger partial charge is 0.408 e. The summed E-state index contributed by atoms with van der Waals surface area (Å²) in [4.78, 5) is 16.3. The number of ether oxygens (including phenoxy) is 2. The monoisotopic (exact) mass is 346 g/mol. The van der Waals surface area contributed by atoms with Crippen LogP contribution in [0.5, 0.6) is 5.75 Å². The molecule has 0 bridgehead atoms. The van der Waals surface area contributed by atoms with Gasteiger partial charge in [0.1, 0.15) is 11.8 Å². The van der Waals surface area contributed by atoms with Gasteiger partial charge in [-0.3, -0.25) is 4.98 Å². The highest BCUT2D eigenvalue weighted by molar-refractivity contribution is 5.72. The minimum Gasteiger partial charge on any atom is -0.497 e. The normalized spacial score (nSPS) is 18.9. The number of aromatic nitrogens is 1. The molecule has 2 aromatic carbocycles. The number of alkyl carbamates (subject to hydrolysis) is 1. The average molecular weight is 346 g/mol. The van der Waals surface area contributed by atoms with Crippen molar-refractivity contribution in [3.05, 3.63) is 84.2 Å². The Kier molecular flexibility index (Phi) is 4.27. The number of nitrogens with zero attached hydrogens (tertiary/aromatic N) is 1. The van der Waals surface area contributed by atoms with E-state index < -0.39 is 12.2 Å². The maximum atomic E-state index is 11.9. The van der Waals surface area contributed by atoms with Gasteiger partial charge < -0.3 is 14.8 Å². The number of amides is 1. The highest BCUT2D eigenvalue weighted by atomic mass is 16.6. The maximum absolute atomic E-state index is 11.9. The van der Waals surface area contributed by atoms with Crippen LogP contribution < -0.4 is 10.1 Å². The highest BCUT2D eigenvalue weighted by Crippen LogP contribution is 2.38. The summed E-state index contributed by atoms with van der Waals surface area (Å²) in [7, 11) is 1.61. The van der Waals surface area contributed by atoms with Crippen molar-refractivity contribution in [1.29, 1.82) is 0 Å². The Morgan fingerprint density at radius 2 is 1.81 bits per heavy atom. The number of cyclic esters (lactones) is 1. The summed E-state index contributed by atoms with van der Waals surface area (Å²) >= 11 is 0. The van der Waals surface area contributed by atoms with Crippen molar-refractivity contribution in [2.45, 2.75) is 12.1 Å². The molecular weight excluding hydrogens is 328 g/mol. The van der Waals surface area contributed by atoms with E-state index in [-0.39, 0.29) is 6.04 Å². The molecule has 26 heavy (non-hydrogen) atoms. The molecule has 2 atom stereocenters. The number of pyridine rings is 1. The fourth-order valence-electron chi connectivity index (χ4n) is 3.17. The number of hydrogen-bond donors (Lipinski definition) is 1. The molecule has 3 aromatic rings. The molecule has 2 heterocycles. The van der Waals surface area contributed by atoms with Crippen molar-refractivity contribution < 1.29 is 14.3 Å². The lowest BCUT2D eigenvalue weighted by molar-refractivity contribution is 0.132. The largest absolute Gasteiger partial charge is 0.497 e. The first-order valence-corrected chi connectivity index (χ1v) is 8.36. The van der Waals surface area contributed by atoms with Crippen LogP contribution in [0.15, 0.2) is 73.1 Å². The third-order valence-electron chi connectivity index (χ3n) is 4.46. The van der Waals surface area contributed by atoms with E-state index in [4.69, 9.17) is 9.47 Å². The van der Waals surface area contributed by atoms with E-state index in [1.807, 2.05) is 66.9 Å². The van der Waals surface area contributed by atoms with Crippen LogP contribution in [0.1, 0.15) is 23.3 Å². The second-order valence-electron chi connectivity index (χ2n) is 6.10. The van der Waals surface area contributed by atoms with Gasteiger partial charge in [-0.05, 0) is 34.9 Å². The Morgan fingerprint density at radius 3 is 2.62 bits per heavy atom. The molecule has 130 valence electrons. The topological polar surface area (TPSA) is 60.5 Å². The van der Waals surface area contributed by atoms with Crippen LogP contribution in [0.3, 0.4) is 0 Å². The minimum atomic E-state index is -0.439. The van der Waals surface area contributed by atoms with Gasteiger partial charge in [-0.1, -0.05) is 42.5 Å². The van der Waals surface area contributed by atoms with Crippen molar-refractivity contribution in [2.24, 2.45) is 0 Å². The molecule has 0 radical (unpaired) electrons. The van der Waals surface area contributed by atoms with Crippen molar-refractivity contribution in [3.8, 4) is 16.9 Å². The lowest BCUT2D eigenvalue weighted by atomic mass is 9.95. The molecule has 1 saturated heterocycles. The van der Waals surface area contributed by atoms with Gasteiger partial charge in [0.05, 0.1) is 7.11 Å². The van der Waals surface area contributed by atoms with Crippen molar-refractivity contribution in [2.75, 3.05) is 7.11 Å². The first-order valence-electron chi connectivity index (χ1n) is 8.36. The summed E-state index contributed by atoms with van der Waals surface area (Å²) in [6.45, 7) is 0. The zero-order valence-electron chi connectivity index (χ0n) is 14.3. The number of carbonyl (C=O) groups excluding carboxylic acids is 1. The van der Waals surface area contributed by atoms with E-state index in [0.29, 0.717) is 0 Å². The molecule has 1 aromatic heterocycles. The zero-order chi connectivity index (χ0) is 17.9. The lowest BCUT2D eigenvalue weighted by Crippen LogP contribution is -2.19. The van der Waals surface area contributed by atoms with Crippen LogP contribution in [0, 0.1) is 0 Å². The molecule has 0 unspecified atom stereocenters. The summed E-state index contributed by atoms with van der Waals surface area (Å²) in [5, 5.41) is 2.89. The van der Waals surface area contributed by atoms with Crippen molar-refractivity contribution >= 4 is 6.09 Å². The Balaban J connectivity index is 1.70. The number of benzene rings is 2. The van der Waals surface area contributed by atoms with E-state index in [1.165, 1.54) is 0 Å². The van der Waals surface area contributed by atoms with Gasteiger partial charge in [-0.25, -0.2) is 4.79 Å². The SMILES string of the molecule is COc1cccc([C@H]2OC(=O)N[C@@H]2c2cncc(-c3ccccc3)c2)c1. The third-order valence-corrected chi connectivity index (χ3v) is 4.46. The van der Waals surface area contributed by atoms with E-state index in [2.05, 4.69) is 10.3 Å². The molecular formula is C21H18N2O3. The number of carbonyl (C=O) groups is 1. The Hall–Kier alpha value is -3.34. The van der Waals surface area contributed by atoms with Crippen LogP contribution in [0.4, 0.5) is 4.79 Å². The standard InChI is InChI=1S/C21H18N2O3/c1-25-18-9-5-8-15(11-18)20-19(23-21(24)26-20)17-10-16(12-22-13-17)14-6-3-2-4-7-14/h2-13,19-20H,1H3,(H,23,24)/t19-,20-/m1/s1. The number of nitrogens with one attached hydrogen (secondary N) is 1. The van der Waals surface area contributed by atoms with E-state index in [1.54, 1.807) is 13.3 Å². The van der Waals surface area contributed by atoms with Gasteiger partial charge in [0.2, 0.25) is 0 Å². The summed E-state index contributed by atoms with van der Waals surface area (Å²) < 4.78 is 10.8. The summed E-state index contributed by atoms with van der Waals surface area (Å²) in [6.07, 6.45) is 2.70. The number of methoxy groups -OCH3 is 1. The van der Waals surface area contributed by atoms with Crippen molar-refractivity contribution in [1.82, 2.24) is 10.3 Å². The molecule has 4 rings (SSSR count). The maximum Gasteiger partial charge on any atom is 0.408 e. The average Bonchev–Trinajstić information content (AvgIpc) is 3.11. The summed E-state index contributed by atoms with van der Waals surface area (Å²) in [5.41, 5.74) is 3.83. The van der Waals surface area contributed by atoms with Gasteiger partial charge in [0.15, 0.2) is 6.10 Å². The van der Waals surface area contributed by atoms with Gasteiger partial charge >= 0.3 is 6.09 Å². The Morgan fingerprint density at radius 1 is 0.962 bits per heavy atom. The fourth-order valence-corrected chi connectivity index (χ4v) is 3.17. The second-order valence-corrected chi connectivity index (χ2v) is 6.10. The molecule has 1 fully saturated rings. The minimum absolute atomic E-state index is 0.314. The highest BCUT2D eigenvalue weighted by Gasteiger charge is 2.36. The molecule has 5 heteroatoms. The predicted molar refractivity (Wildman–Crippen MR) is 97.8 cm³/mol. The second kappa shape index (κ2) is 6.88. The summed E-state index contributed by atoms with van der Waals surface area (Å²) in [6, 6.07) is 19.3. The van der Waals surface area contributed by atoms with Crippen LogP contribution in [0.25, 0.3) is 11.1 Å². The van der Waals surface area contributed by atoms with Gasteiger partial charge in [0.25, 0.3) is 0 Å².